The molecule has 0 aromatic carbocycles. The van der Waals surface area contributed by atoms with E-state index in [0.717, 1.165) is 24.8 Å². The molecule has 21 heavy (non-hydrogen) atoms. The molecular formula is C15H23N3O3. The van der Waals surface area contributed by atoms with Crippen LogP contribution < -0.4 is 0 Å². The van der Waals surface area contributed by atoms with Crippen LogP contribution in [0.2, 0.25) is 0 Å². The highest BCUT2D eigenvalue weighted by Gasteiger charge is 2.29. The number of nitrogens with zero attached hydrogens (tertiary/aromatic N) is 3. The second kappa shape index (κ2) is 6.15. The first-order valence-corrected chi connectivity index (χ1v) is 7.73. The second-order valence-electron chi connectivity index (χ2n) is 5.98. The first-order valence-electron chi connectivity index (χ1n) is 7.73. The maximum absolute atomic E-state index is 12.8. The average molecular weight is 293 g/mol. The van der Waals surface area contributed by atoms with Crippen molar-refractivity contribution in [2.45, 2.75) is 25.7 Å². The molecule has 2 aliphatic rings. The Morgan fingerprint density at radius 1 is 1.43 bits per heavy atom. The van der Waals surface area contributed by atoms with Crippen LogP contribution in [0, 0.1) is 5.92 Å². The molecule has 0 bridgehead atoms. The van der Waals surface area contributed by atoms with Gasteiger partial charge in [-0.15, -0.1) is 0 Å². The van der Waals surface area contributed by atoms with Crippen LogP contribution in [0.5, 0.6) is 0 Å². The molecule has 6 heteroatoms. The molecule has 1 N–H and O–H groups in total. The summed E-state index contributed by atoms with van der Waals surface area (Å²) in [6, 6.07) is 0. The SMILES string of the molecule is Cn1nc(C(=O)N2CCOC[C@H](CO)C2)c2c1CCCC2. The van der Waals surface area contributed by atoms with E-state index in [4.69, 9.17) is 4.74 Å². The van der Waals surface area contributed by atoms with Gasteiger partial charge in [0.1, 0.15) is 0 Å². The normalized spacial score (nSPS) is 22.8. The number of aromatic nitrogens is 2. The van der Waals surface area contributed by atoms with Gasteiger partial charge in [-0.3, -0.25) is 9.48 Å². The quantitative estimate of drug-likeness (QED) is 0.856. The Morgan fingerprint density at radius 3 is 3.05 bits per heavy atom. The van der Waals surface area contributed by atoms with Gasteiger partial charge in [0.05, 0.1) is 13.2 Å². The molecule has 1 saturated heterocycles. The third-order valence-electron chi connectivity index (χ3n) is 4.45. The fourth-order valence-corrected chi connectivity index (χ4v) is 3.27. The maximum Gasteiger partial charge on any atom is 0.274 e. The summed E-state index contributed by atoms with van der Waals surface area (Å²) >= 11 is 0. The minimum absolute atomic E-state index is 0.00371. The molecule has 2 heterocycles. The summed E-state index contributed by atoms with van der Waals surface area (Å²) < 4.78 is 7.31. The number of hydrogen-bond acceptors (Lipinski definition) is 4. The lowest BCUT2D eigenvalue weighted by Crippen LogP contribution is -2.37. The summed E-state index contributed by atoms with van der Waals surface area (Å²) in [5.74, 6) is -0.0197. The number of carbonyl (C=O) groups excluding carboxylic acids is 1. The van der Waals surface area contributed by atoms with E-state index in [1.54, 1.807) is 4.90 Å². The molecule has 6 nitrogen and oxygen atoms in total. The molecule has 0 radical (unpaired) electrons. The number of rotatable bonds is 2. The van der Waals surface area contributed by atoms with Crippen molar-refractivity contribution in [3.8, 4) is 0 Å². The van der Waals surface area contributed by atoms with Crippen LogP contribution in [-0.4, -0.2) is 58.6 Å². The van der Waals surface area contributed by atoms with Crippen LogP contribution >= 0.6 is 0 Å². The lowest BCUT2D eigenvalue weighted by atomic mass is 9.95. The molecule has 1 atom stereocenters. The van der Waals surface area contributed by atoms with Crippen molar-refractivity contribution in [2.75, 3.05) is 32.9 Å². The lowest BCUT2D eigenvalue weighted by molar-refractivity contribution is 0.0720. The smallest absolute Gasteiger partial charge is 0.274 e. The molecule has 116 valence electrons. The van der Waals surface area contributed by atoms with Gasteiger partial charge in [-0.25, -0.2) is 0 Å². The number of ether oxygens (including phenoxy) is 1. The summed E-state index contributed by atoms with van der Waals surface area (Å²) in [7, 11) is 1.92. The third-order valence-corrected chi connectivity index (χ3v) is 4.45. The van der Waals surface area contributed by atoms with E-state index in [1.807, 2.05) is 11.7 Å². The Morgan fingerprint density at radius 2 is 2.24 bits per heavy atom. The number of aliphatic hydroxyl groups excluding tert-OH is 1. The fourth-order valence-electron chi connectivity index (χ4n) is 3.27. The zero-order valence-corrected chi connectivity index (χ0v) is 12.5. The number of carbonyl (C=O) groups is 1. The molecule has 1 amide bonds. The van der Waals surface area contributed by atoms with E-state index < -0.39 is 0 Å². The van der Waals surface area contributed by atoms with E-state index in [9.17, 15) is 9.90 Å². The Bertz CT molecular complexity index is 526. The van der Waals surface area contributed by atoms with Crippen LogP contribution in [0.1, 0.15) is 34.6 Å². The molecule has 3 rings (SSSR count). The fraction of sp³-hybridized carbons (Fsp3) is 0.733. The first kappa shape index (κ1) is 14.5. The summed E-state index contributed by atoms with van der Waals surface area (Å²) in [4.78, 5) is 14.6. The number of aliphatic hydroxyl groups is 1. The van der Waals surface area contributed by atoms with Gasteiger partial charge in [0.15, 0.2) is 5.69 Å². The van der Waals surface area contributed by atoms with Crippen molar-refractivity contribution in [1.82, 2.24) is 14.7 Å². The summed E-state index contributed by atoms with van der Waals surface area (Å²) in [6.07, 6.45) is 4.25. The van der Waals surface area contributed by atoms with Gasteiger partial charge in [-0.1, -0.05) is 0 Å². The third kappa shape index (κ3) is 2.82. The summed E-state index contributed by atoms with van der Waals surface area (Å²) in [5, 5.41) is 13.8. The molecule has 1 aromatic rings. The Labute approximate surface area is 124 Å². The van der Waals surface area contributed by atoms with Gasteiger partial charge in [-0.2, -0.15) is 5.10 Å². The van der Waals surface area contributed by atoms with Gasteiger partial charge in [0.25, 0.3) is 5.91 Å². The van der Waals surface area contributed by atoms with Crippen LogP contribution in [0.3, 0.4) is 0 Å². The van der Waals surface area contributed by atoms with Crippen molar-refractivity contribution in [1.29, 1.82) is 0 Å². The molecule has 0 unspecified atom stereocenters. The van der Waals surface area contributed by atoms with Crippen molar-refractivity contribution in [3.05, 3.63) is 17.0 Å². The van der Waals surface area contributed by atoms with Gasteiger partial charge in [0, 0.05) is 43.9 Å². The second-order valence-corrected chi connectivity index (χ2v) is 5.98. The van der Waals surface area contributed by atoms with Gasteiger partial charge < -0.3 is 14.7 Å². The highest BCUT2D eigenvalue weighted by molar-refractivity contribution is 5.94. The zero-order chi connectivity index (χ0) is 14.8. The van der Waals surface area contributed by atoms with Crippen molar-refractivity contribution < 1.29 is 14.6 Å². The van der Waals surface area contributed by atoms with E-state index >= 15 is 0 Å². The Kier molecular flexibility index (Phi) is 4.26. The first-order chi connectivity index (χ1) is 10.2. The Hall–Kier alpha value is -1.40. The molecular weight excluding hydrogens is 270 g/mol. The maximum atomic E-state index is 12.8. The number of fused-ring (bicyclic) bond motifs is 1. The van der Waals surface area contributed by atoms with Crippen LogP contribution in [-0.2, 0) is 24.6 Å². The Balaban J connectivity index is 1.84. The molecule has 1 aliphatic heterocycles. The van der Waals surface area contributed by atoms with Gasteiger partial charge >= 0.3 is 0 Å². The zero-order valence-electron chi connectivity index (χ0n) is 12.5. The number of aryl methyl sites for hydroxylation is 1. The topological polar surface area (TPSA) is 67.6 Å². The van der Waals surface area contributed by atoms with Gasteiger partial charge in [0.2, 0.25) is 0 Å². The van der Waals surface area contributed by atoms with Crippen molar-refractivity contribution >= 4 is 5.91 Å². The van der Waals surface area contributed by atoms with Crippen LogP contribution in [0.4, 0.5) is 0 Å². The minimum atomic E-state index is -0.0160. The number of amides is 1. The monoisotopic (exact) mass is 293 g/mol. The van der Waals surface area contributed by atoms with Gasteiger partial charge in [-0.05, 0) is 25.7 Å². The average Bonchev–Trinajstić information content (AvgIpc) is 2.71. The largest absolute Gasteiger partial charge is 0.396 e. The minimum Gasteiger partial charge on any atom is -0.396 e. The highest BCUT2D eigenvalue weighted by atomic mass is 16.5. The standard InChI is InChI=1S/C15H23N3O3/c1-17-13-5-3-2-4-12(13)14(16-17)15(20)18-6-7-21-10-11(8-18)9-19/h11,19H,2-10H2,1H3/t11-/m0/s1. The highest BCUT2D eigenvalue weighted by Crippen LogP contribution is 2.25. The predicted octanol–water partition coefficient (Wildman–Crippen LogP) is 0.380. The summed E-state index contributed by atoms with van der Waals surface area (Å²) in [6.45, 7) is 2.20. The molecule has 1 fully saturated rings. The summed E-state index contributed by atoms with van der Waals surface area (Å²) in [5.41, 5.74) is 2.93. The van der Waals surface area contributed by atoms with E-state index in [1.165, 1.54) is 12.1 Å². The number of hydrogen-bond donors (Lipinski definition) is 1. The van der Waals surface area contributed by atoms with Crippen LogP contribution in [0.15, 0.2) is 0 Å². The van der Waals surface area contributed by atoms with Crippen LogP contribution in [0.25, 0.3) is 0 Å². The van der Waals surface area contributed by atoms with E-state index in [-0.39, 0.29) is 18.4 Å². The lowest BCUT2D eigenvalue weighted by Gasteiger charge is -2.22. The van der Waals surface area contributed by atoms with E-state index in [2.05, 4.69) is 5.10 Å². The molecule has 1 aliphatic carbocycles. The van der Waals surface area contributed by atoms with Crippen molar-refractivity contribution in [3.63, 3.8) is 0 Å². The molecule has 0 spiro atoms. The molecule has 0 saturated carbocycles. The van der Waals surface area contributed by atoms with E-state index in [0.29, 0.717) is 32.0 Å². The predicted molar refractivity (Wildman–Crippen MR) is 77.1 cm³/mol. The van der Waals surface area contributed by atoms with Crippen molar-refractivity contribution in [2.24, 2.45) is 13.0 Å². The molecule has 1 aromatic heterocycles.